The van der Waals surface area contributed by atoms with Gasteiger partial charge in [0.2, 0.25) is 0 Å². The van der Waals surface area contributed by atoms with Crippen LogP contribution in [-0.2, 0) is 0 Å². The number of thiazole rings is 1. The molecular formula is C44H27N5S. The summed E-state index contributed by atoms with van der Waals surface area (Å²) in [7, 11) is 0. The van der Waals surface area contributed by atoms with Crippen molar-refractivity contribution in [2.75, 3.05) is 0 Å². The fourth-order valence-corrected chi connectivity index (χ4v) is 8.07. The number of aromatic nitrogens is 5. The normalized spacial score (nSPS) is 11.6. The number of fused-ring (bicyclic) bond motifs is 7. The minimum absolute atomic E-state index is 0.627. The maximum atomic E-state index is 5.09. The maximum Gasteiger partial charge on any atom is 0.164 e. The summed E-state index contributed by atoms with van der Waals surface area (Å²) in [6.07, 6.45) is 0. The molecular weight excluding hydrogens is 631 g/mol. The first-order valence-electron chi connectivity index (χ1n) is 16.6. The Morgan fingerprint density at radius 1 is 0.440 bits per heavy atom. The van der Waals surface area contributed by atoms with Gasteiger partial charge >= 0.3 is 0 Å². The van der Waals surface area contributed by atoms with E-state index in [1.807, 2.05) is 66.7 Å². The second-order valence-electron chi connectivity index (χ2n) is 12.3. The first-order chi connectivity index (χ1) is 24.8. The van der Waals surface area contributed by atoms with E-state index in [0.29, 0.717) is 17.5 Å². The SMILES string of the molecule is c1ccc(-c2nc(-c3ccccc3)nc(-c3cccc(-n4c5ccc6nc(-c7ccccc7)sc6c5c5ccc6ccccc6c54)c3)n2)cc1. The first-order valence-corrected chi connectivity index (χ1v) is 17.4. The van der Waals surface area contributed by atoms with Gasteiger partial charge in [0.05, 0.1) is 21.3 Å². The molecule has 234 valence electrons. The molecule has 0 aliphatic rings. The summed E-state index contributed by atoms with van der Waals surface area (Å²) in [4.78, 5) is 20.1. The van der Waals surface area contributed by atoms with Gasteiger partial charge in [0.25, 0.3) is 0 Å². The molecule has 10 rings (SSSR count). The Morgan fingerprint density at radius 3 is 1.74 bits per heavy atom. The molecule has 0 fully saturated rings. The van der Waals surface area contributed by atoms with Crippen molar-refractivity contribution in [1.82, 2.24) is 24.5 Å². The first kappa shape index (κ1) is 28.5. The van der Waals surface area contributed by atoms with Crippen LogP contribution in [0.5, 0.6) is 0 Å². The number of rotatable bonds is 5. The second-order valence-corrected chi connectivity index (χ2v) is 13.3. The van der Waals surface area contributed by atoms with Gasteiger partial charge in [0.1, 0.15) is 5.01 Å². The summed E-state index contributed by atoms with van der Waals surface area (Å²) in [6.45, 7) is 0. The Morgan fingerprint density at radius 2 is 1.04 bits per heavy atom. The molecule has 3 aromatic heterocycles. The van der Waals surface area contributed by atoms with Crippen molar-refractivity contribution >= 4 is 54.1 Å². The fourth-order valence-electron chi connectivity index (χ4n) is 6.94. The van der Waals surface area contributed by atoms with E-state index in [1.54, 1.807) is 11.3 Å². The van der Waals surface area contributed by atoms with Crippen LogP contribution >= 0.6 is 11.3 Å². The van der Waals surface area contributed by atoms with Gasteiger partial charge in [0, 0.05) is 44.1 Å². The van der Waals surface area contributed by atoms with Gasteiger partial charge in [-0.1, -0.05) is 140 Å². The third-order valence-electron chi connectivity index (χ3n) is 9.25. The summed E-state index contributed by atoms with van der Waals surface area (Å²) < 4.78 is 3.59. The molecule has 5 nitrogen and oxygen atoms in total. The van der Waals surface area contributed by atoms with E-state index >= 15 is 0 Å². The van der Waals surface area contributed by atoms with Crippen molar-refractivity contribution in [1.29, 1.82) is 0 Å². The molecule has 0 unspecified atom stereocenters. The quantitative estimate of drug-likeness (QED) is 0.185. The molecule has 0 atom stereocenters. The highest BCUT2D eigenvalue weighted by molar-refractivity contribution is 7.22. The number of benzene rings is 7. The predicted molar refractivity (Wildman–Crippen MR) is 207 cm³/mol. The van der Waals surface area contributed by atoms with Crippen LogP contribution < -0.4 is 0 Å². The monoisotopic (exact) mass is 657 g/mol. The van der Waals surface area contributed by atoms with Gasteiger partial charge in [-0.15, -0.1) is 11.3 Å². The van der Waals surface area contributed by atoms with Crippen molar-refractivity contribution < 1.29 is 0 Å². The average Bonchev–Trinajstić information content (AvgIpc) is 3.79. The summed E-state index contributed by atoms with van der Waals surface area (Å²) in [5, 5.41) is 5.84. The molecule has 7 aromatic carbocycles. The van der Waals surface area contributed by atoms with E-state index in [1.165, 1.54) is 31.8 Å². The zero-order valence-electron chi connectivity index (χ0n) is 26.7. The van der Waals surface area contributed by atoms with Crippen LogP contribution in [0.2, 0.25) is 0 Å². The van der Waals surface area contributed by atoms with E-state index in [2.05, 4.69) is 102 Å². The topological polar surface area (TPSA) is 56.5 Å². The third-order valence-corrected chi connectivity index (χ3v) is 10.4. The molecule has 0 aliphatic heterocycles. The van der Waals surface area contributed by atoms with Gasteiger partial charge in [-0.2, -0.15) is 0 Å². The molecule has 0 spiro atoms. The van der Waals surface area contributed by atoms with Crippen molar-refractivity contribution in [2.45, 2.75) is 0 Å². The Labute approximate surface area is 291 Å². The van der Waals surface area contributed by atoms with Crippen LogP contribution in [0.15, 0.2) is 164 Å². The van der Waals surface area contributed by atoms with E-state index in [4.69, 9.17) is 19.9 Å². The lowest BCUT2D eigenvalue weighted by Gasteiger charge is -2.12. The number of nitrogens with zero attached hydrogens (tertiary/aromatic N) is 5. The molecule has 0 radical (unpaired) electrons. The Balaban J connectivity index is 1.23. The molecule has 3 heterocycles. The third kappa shape index (κ3) is 4.69. The number of hydrogen-bond donors (Lipinski definition) is 0. The molecule has 0 aliphatic carbocycles. The smallest absolute Gasteiger partial charge is 0.164 e. The van der Waals surface area contributed by atoms with E-state index in [9.17, 15) is 0 Å². The van der Waals surface area contributed by atoms with Crippen LogP contribution in [0.3, 0.4) is 0 Å². The Kier molecular flexibility index (Phi) is 6.60. The highest BCUT2D eigenvalue weighted by Gasteiger charge is 2.20. The molecule has 6 heteroatoms. The van der Waals surface area contributed by atoms with Crippen LogP contribution in [0, 0.1) is 0 Å². The van der Waals surface area contributed by atoms with Crippen molar-refractivity contribution in [3.63, 3.8) is 0 Å². The van der Waals surface area contributed by atoms with Gasteiger partial charge in [-0.3, -0.25) is 0 Å². The summed E-state index contributed by atoms with van der Waals surface area (Å²) >= 11 is 1.76. The van der Waals surface area contributed by atoms with Crippen LogP contribution in [0.1, 0.15) is 0 Å². The van der Waals surface area contributed by atoms with E-state index in [-0.39, 0.29) is 0 Å². The van der Waals surface area contributed by atoms with Gasteiger partial charge < -0.3 is 4.57 Å². The molecule has 0 saturated carbocycles. The lowest BCUT2D eigenvalue weighted by molar-refractivity contribution is 1.07. The van der Waals surface area contributed by atoms with Crippen molar-refractivity contribution in [2.24, 2.45) is 0 Å². The Hall–Kier alpha value is -6.50. The average molecular weight is 658 g/mol. The van der Waals surface area contributed by atoms with Crippen LogP contribution in [0.25, 0.3) is 93.2 Å². The minimum Gasteiger partial charge on any atom is -0.309 e. The molecule has 0 N–H and O–H groups in total. The van der Waals surface area contributed by atoms with Crippen LogP contribution in [-0.4, -0.2) is 24.5 Å². The summed E-state index contributed by atoms with van der Waals surface area (Å²) in [5.74, 6) is 1.91. The van der Waals surface area contributed by atoms with Gasteiger partial charge in [0.15, 0.2) is 17.5 Å². The zero-order valence-corrected chi connectivity index (χ0v) is 27.5. The van der Waals surface area contributed by atoms with Crippen LogP contribution in [0.4, 0.5) is 0 Å². The molecule has 0 bridgehead atoms. The molecule has 10 aromatic rings. The molecule has 0 saturated heterocycles. The fraction of sp³-hybridized carbons (Fsp3) is 0. The number of hydrogen-bond acceptors (Lipinski definition) is 5. The zero-order chi connectivity index (χ0) is 33.0. The highest BCUT2D eigenvalue weighted by Crippen LogP contribution is 2.43. The highest BCUT2D eigenvalue weighted by atomic mass is 32.1. The van der Waals surface area contributed by atoms with Crippen molar-refractivity contribution in [3.8, 4) is 50.4 Å². The van der Waals surface area contributed by atoms with E-state index < -0.39 is 0 Å². The Bertz CT molecular complexity index is 2800. The largest absolute Gasteiger partial charge is 0.309 e. The standard InChI is InChI=1S/C44H27N5S/c1-4-14-29(15-5-1)41-46-42(30-16-6-2-7-17-30)48-43(47-41)32-20-12-21-33(27-32)49-37-26-25-36-40(50-44(45-36)31-18-8-3-9-19-31)38(37)35-24-23-28-13-10-11-22-34(28)39(35)49/h1-27H. The molecule has 50 heavy (non-hydrogen) atoms. The lowest BCUT2D eigenvalue weighted by Crippen LogP contribution is -2.01. The summed E-state index contributed by atoms with van der Waals surface area (Å²) in [6, 6.07) is 56.7. The maximum absolute atomic E-state index is 5.09. The van der Waals surface area contributed by atoms with Crippen molar-refractivity contribution in [3.05, 3.63) is 164 Å². The second kappa shape index (κ2) is 11.6. The minimum atomic E-state index is 0.627. The summed E-state index contributed by atoms with van der Waals surface area (Å²) in [5.41, 5.74) is 8.29. The van der Waals surface area contributed by atoms with Gasteiger partial charge in [-0.25, -0.2) is 19.9 Å². The predicted octanol–water partition coefficient (Wildman–Crippen LogP) is 11.4. The molecule has 0 amide bonds. The van der Waals surface area contributed by atoms with Gasteiger partial charge in [-0.05, 0) is 29.7 Å². The lowest BCUT2D eigenvalue weighted by atomic mass is 10.1. The van der Waals surface area contributed by atoms with E-state index in [0.717, 1.165) is 44.0 Å².